The van der Waals surface area contributed by atoms with Gasteiger partial charge in [0.05, 0.1) is 12.5 Å². The van der Waals surface area contributed by atoms with Crippen LogP contribution in [0.15, 0.2) is 0 Å². The summed E-state index contributed by atoms with van der Waals surface area (Å²) in [5.74, 6) is -0.556. The van der Waals surface area contributed by atoms with Crippen LogP contribution in [0.4, 0.5) is 0 Å². The Labute approximate surface area is 115 Å². The predicted molar refractivity (Wildman–Crippen MR) is 74.6 cm³/mol. The van der Waals surface area contributed by atoms with Crippen molar-refractivity contribution in [3.63, 3.8) is 0 Å². The van der Waals surface area contributed by atoms with Crippen LogP contribution in [0.2, 0.25) is 0 Å². The Morgan fingerprint density at radius 1 is 1.32 bits per heavy atom. The molecule has 1 aliphatic heterocycles. The number of amides is 2. The molecule has 0 aliphatic carbocycles. The molecule has 1 aliphatic rings. The monoisotopic (exact) mass is 270 g/mol. The Kier molecular flexibility index (Phi) is 5.75. The molecule has 0 spiro atoms. The molecule has 6 nitrogen and oxygen atoms in total. The summed E-state index contributed by atoms with van der Waals surface area (Å²) in [7, 11) is 0. The van der Waals surface area contributed by atoms with E-state index in [1.54, 1.807) is 0 Å². The largest absolute Gasteiger partial charge is 0.368 e. The molecule has 19 heavy (non-hydrogen) atoms. The topological polar surface area (TPSA) is 87.5 Å². The molecular weight excluding hydrogens is 244 g/mol. The number of hydrogen-bond donors (Lipinski definition) is 3. The highest BCUT2D eigenvalue weighted by Gasteiger charge is 2.28. The first-order valence-electron chi connectivity index (χ1n) is 6.85. The number of primary amides is 1. The molecular formula is C13H26N4O2. The number of carbonyl (C=O) groups is 2. The van der Waals surface area contributed by atoms with Crippen molar-refractivity contribution in [3.05, 3.63) is 0 Å². The van der Waals surface area contributed by atoms with Gasteiger partial charge in [0.15, 0.2) is 0 Å². The Morgan fingerprint density at radius 3 is 2.58 bits per heavy atom. The van der Waals surface area contributed by atoms with Crippen molar-refractivity contribution < 1.29 is 9.59 Å². The average molecular weight is 270 g/mol. The molecule has 0 radical (unpaired) electrons. The van der Waals surface area contributed by atoms with E-state index in [1.165, 1.54) is 0 Å². The zero-order valence-corrected chi connectivity index (χ0v) is 12.2. The molecule has 1 saturated heterocycles. The fourth-order valence-corrected chi connectivity index (χ4v) is 2.23. The lowest BCUT2D eigenvalue weighted by Crippen LogP contribution is -2.50. The quantitative estimate of drug-likeness (QED) is 0.639. The van der Waals surface area contributed by atoms with Gasteiger partial charge in [-0.1, -0.05) is 0 Å². The zero-order chi connectivity index (χ0) is 14.5. The zero-order valence-electron chi connectivity index (χ0n) is 12.2. The van der Waals surface area contributed by atoms with E-state index in [9.17, 15) is 9.59 Å². The lowest BCUT2D eigenvalue weighted by atomic mass is 10.1. The van der Waals surface area contributed by atoms with E-state index < -0.39 is 11.9 Å². The van der Waals surface area contributed by atoms with Gasteiger partial charge in [-0.05, 0) is 33.7 Å². The van der Waals surface area contributed by atoms with Crippen LogP contribution >= 0.6 is 0 Å². The van der Waals surface area contributed by atoms with Gasteiger partial charge in [-0.2, -0.15) is 0 Å². The Bertz CT molecular complexity index is 317. The summed E-state index contributed by atoms with van der Waals surface area (Å²) < 4.78 is 0. The molecule has 4 N–H and O–H groups in total. The maximum Gasteiger partial charge on any atom is 0.235 e. The van der Waals surface area contributed by atoms with Crippen LogP contribution in [0.25, 0.3) is 0 Å². The molecule has 0 aromatic heterocycles. The third-order valence-electron chi connectivity index (χ3n) is 3.04. The SMILES string of the molecule is CC(C)(C)NC(=O)CC(C(N)=O)N1CCCNCC1. The van der Waals surface area contributed by atoms with Crippen molar-refractivity contribution in [2.75, 3.05) is 26.2 Å². The summed E-state index contributed by atoms with van der Waals surface area (Å²) in [4.78, 5) is 25.5. The second-order valence-corrected chi connectivity index (χ2v) is 6.06. The Morgan fingerprint density at radius 2 is 2.00 bits per heavy atom. The van der Waals surface area contributed by atoms with Crippen LogP contribution in [0.3, 0.4) is 0 Å². The molecule has 1 heterocycles. The van der Waals surface area contributed by atoms with Gasteiger partial charge in [0.1, 0.15) is 0 Å². The minimum absolute atomic E-state index is 0.131. The van der Waals surface area contributed by atoms with Crippen LogP contribution in [-0.2, 0) is 9.59 Å². The van der Waals surface area contributed by atoms with E-state index in [2.05, 4.69) is 10.6 Å². The van der Waals surface area contributed by atoms with E-state index in [0.717, 1.165) is 32.6 Å². The summed E-state index contributed by atoms with van der Waals surface area (Å²) in [6.07, 6.45) is 1.09. The number of rotatable bonds is 4. The van der Waals surface area contributed by atoms with Crippen molar-refractivity contribution in [1.82, 2.24) is 15.5 Å². The fraction of sp³-hybridized carbons (Fsp3) is 0.846. The van der Waals surface area contributed by atoms with Crippen molar-refractivity contribution in [3.8, 4) is 0 Å². The maximum atomic E-state index is 11.9. The lowest BCUT2D eigenvalue weighted by Gasteiger charge is -2.29. The second kappa shape index (κ2) is 6.86. The molecule has 0 aromatic rings. The first-order chi connectivity index (χ1) is 8.79. The summed E-state index contributed by atoms with van der Waals surface area (Å²) in [5.41, 5.74) is 5.16. The van der Waals surface area contributed by atoms with Crippen molar-refractivity contribution >= 4 is 11.8 Å². The van der Waals surface area contributed by atoms with E-state index in [-0.39, 0.29) is 17.9 Å². The highest BCUT2D eigenvalue weighted by atomic mass is 16.2. The van der Waals surface area contributed by atoms with Gasteiger partial charge < -0.3 is 16.4 Å². The minimum Gasteiger partial charge on any atom is -0.368 e. The molecule has 2 amide bonds. The van der Waals surface area contributed by atoms with E-state index in [0.29, 0.717) is 0 Å². The Hall–Kier alpha value is -1.14. The van der Waals surface area contributed by atoms with E-state index in [1.807, 2.05) is 25.7 Å². The van der Waals surface area contributed by atoms with Crippen molar-refractivity contribution in [1.29, 1.82) is 0 Å². The van der Waals surface area contributed by atoms with E-state index in [4.69, 9.17) is 5.73 Å². The number of nitrogens with two attached hydrogens (primary N) is 1. The standard InChI is InChI=1S/C13H26N4O2/c1-13(2,3)16-11(18)9-10(12(14)19)17-7-4-5-15-6-8-17/h10,15H,4-9H2,1-3H3,(H2,14,19)(H,16,18). The highest BCUT2D eigenvalue weighted by Crippen LogP contribution is 2.08. The van der Waals surface area contributed by atoms with Gasteiger partial charge in [0.2, 0.25) is 11.8 Å². The molecule has 1 atom stereocenters. The summed E-state index contributed by atoms with van der Waals surface area (Å²) >= 11 is 0. The predicted octanol–water partition coefficient (Wildman–Crippen LogP) is -0.560. The lowest BCUT2D eigenvalue weighted by molar-refractivity contribution is -0.130. The maximum absolute atomic E-state index is 11.9. The molecule has 1 fully saturated rings. The second-order valence-electron chi connectivity index (χ2n) is 6.06. The van der Waals surface area contributed by atoms with Gasteiger partial charge in [-0.25, -0.2) is 0 Å². The van der Waals surface area contributed by atoms with Gasteiger partial charge >= 0.3 is 0 Å². The number of carbonyl (C=O) groups excluding carboxylic acids is 2. The smallest absolute Gasteiger partial charge is 0.235 e. The van der Waals surface area contributed by atoms with Crippen molar-refractivity contribution in [2.24, 2.45) is 5.73 Å². The van der Waals surface area contributed by atoms with Crippen LogP contribution in [0.5, 0.6) is 0 Å². The molecule has 1 rings (SSSR count). The summed E-state index contributed by atoms with van der Waals surface area (Å²) in [5, 5.41) is 6.14. The summed E-state index contributed by atoms with van der Waals surface area (Å²) in [6, 6.07) is -0.512. The van der Waals surface area contributed by atoms with Crippen LogP contribution in [0, 0.1) is 0 Å². The van der Waals surface area contributed by atoms with Gasteiger partial charge in [-0.3, -0.25) is 14.5 Å². The van der Waals surface area contributed by atoms with E-state index >= 15 is 0 Å². The molecule has 1 unspecified atom stereocenters. The molecule has 0 saturated carbocycles. The number of nitrogens with one attached hydrogen (secondary N) is 2. The molecule has 6 heteroatoms. The normalized spacial score (nSPS) is 19.5. The molecule has 110 valence electrons. The number of nitrogens with zero attached hydrogens (tertiary/aromatic N) is 1. The Balaban J connectivity index is 2.61. The van der Waals surface area contributed by atoms with Gasteiger partial charge in [0.25, 0.3) is 0 Å². The first-order valence-corrected chi connectivity index (χ1v) is 6.85. The third-order valence-corrected chi connectivity index (χ3v) is 3.04. The van der Waals surface area contributed by atoms with Gasteiger partial charge in [-0.15, -0.1) is 0 Å². The highest BCUT2D eigenvalue weighted by molar-refractivity contribution is 5.87. The van der Waals surface area contributed by atoms with Crippen LogP contribution in [-0.4, -0.2) is 54.5 Å². The number of hydrogen-bond acceptors (Lipinski definition) is 4. The average Bonchev–Trinajstić information content (AvgIpc) is 2.51. The van der Waals surface area contributed by atoms with Crippen LogP contribution in [0.1, 0.15) is 33.6 Å². The summed E-state index contributed by atoms with van der Waals surface area (Å²) in [6.45, 7) is 9.06. The van der Waals surface area contributed by atoms with Crippen molar-refractivity contribution in [2.45, 2.75) is 45.2 Å². The van der Waals surface area contributed by atoms with Crippen LogP contribution < -0.4 is 16.4 Å². The minimum atomic E-state index is -0.512. The first kappa shape index (κ1) is 15.9. The molecule has 0 aromatic carbocycles. The third kappa shape index (κ3) is 6.02. The van der Waals surface area contributed by atoms with Gasteiger partial charge in [0, 0.05) is 25.2 Å². The molecule has 0 bridgehead atoms. The fourth-order valence-electron chi connectivity index (χ4n) is 2.23.